The third-order valence-electron chi connectivity index (χ3n) is 3.18. The molecule has 1 fully saturated rings. The SMILES string of the molecule is Cc1cc(Br)ccc1N1C(=O)NCC1CCC(=O)O. The summed E-state index contributed by atoms with van der Waals surface area (Å²) in [6.07, 6.45) is 0.509. The number of carbonyl (C=O) groups is 2. The summed E-state index contributed by atoms with van der Waals surface area (Å²) in [6.45, 7) is 2.42. The molecule has 0 spiro atoms. The third-order valence-corrected chi connectivity index (χ3v) is 3.68. The van der Waals surface area contributed by atoms with E-state index in [1.807, 2.05) is 25.1 Å². The summed E-state index contributed by atoms with van der Waals surface area (Å²) < 4.78 is 0.954. The molecule has 2 rings (SSSR count). The molecule has 0 aromatic heterocycles. The van der Waals surface area contributed by atoms with Crippen LogP contribution in [0, 0.1) is 6.92 Å². The van der Waals surface area contributed by atoms with Crippen molar-refractivity contribution in [2.24, 2.45) is 0 Å². The van der Waals surface area contributed by atoms with E-state index in [0.29, 0.717) is 13.0 Å². The molecule has 1 aromatic rings. The average molecular weight is 327 g/mol. The van der Waals surface area contributed by atoms with Crippen LogP contribution in [-0.4, -0.2) is 29.7 Å². The third kappa shape index (κ3) is 3.07. The van der Waals surface area contributed by atoms with E-state index < -0.39 is 5.97 Å². The van der Waals surface area contributed by atoms with Crippen LogP contribution in [0.4, 0.5) is 10.5 Å². The van der Waals surface area contributed by atoms with Crippen LogP contribution in [0.15, 0.2) is 22.7 Å². The maximum Gasteiger partial charge on any atom is 0.322 e. The molecule has 1 saturated heterocycles. The topological polar surface area (TPSA) is 69.6 Å². The van der Waals surface area contributed by atoms with E-state index in [-0.39, 0.29) is 18.5 Å². The lowest BCUT2D eigenvalue weighted by atomic mass is 10.1. The van der Waals surface area contributed by atoms with Crippen LogP contribution in [0.5, 0.6) is 0 Å². The van der Waals surface area contributed by atoms with Crippen molar-refractivity contribution in [1.29, 1.82) is 0 Å². The lowest BCUT2D eigenvalue weighted by Crippen LogP contribution is -2.35. The summed E-state index contributed by atoms with van der Waals surface area (Å²) in [5.41, 5.74) is 1.81. The lowest BCUT2D eigenvalue weighted by molar-refractivity contribution is -0.137. The Hall–Kier alpha value is -1.56. The highest BCUT2D eigenvalue weighted by Crippen LogP contribution is 2.28. The molecule has 5 nitrogen and oxygen atoms in total. The Bertz CT molecular complexity index is 519. The number of anilines is 1. The van der Waals surface area contributed by atoms with Crippen molar-refractivity contribution in [2.75, 3.05) is 11.4 Å². The van der Waals surface area contributed by atoms with Crippen LogP contribution in [0.1, 0.15) is 18.4 Å². The number of carboxylic acid groups (broad SMARTS) is 1. The molecule has 0 aliphatic carbocycles. The van der Waals surface area contributed by atoms with Gasteiger partial charge < -0.3 is 10.4 Å². The summed E-state index contributed by atoms with van der Waals surface area (Å²) in [6, 6.07) is 5.42. The monoisotopic (exact) mass is 326 g/mol. The number of amides is 2. The minimum absolute atomic E-state index is 0.0612. The maximum absolute atomic E-state index is 11.9. The fourth-order valence-corrected chi connectivity index (χ4v) is 2.74. The van der Waals surface area contributed by atoms with Gasteiger partial charge >= 0.3 is 12.0 Å². The second kappa shape index (κ2) is 5.61. The van der Waals surface area contributed by atoms with Gasteiger partial charge in [0.25, 0.3) is 0 Å². The Balaban J connectivity index is 2.23. The van der Waals surface area contributed by atoms with Gasteiger partial charge in [-0.1, -0.05) is 15.9 Å². The second-order valence-corrected chi connectivity index (χ2v) is 5.49. The summed E-state index contributed by atoms with van der Waals surface area (Å²) in [7, 11) is 0. The molecule has 1 aromatic carbocycles. The Kier molecular flexibility index (Phi) is 4.09. The molecule has 1 atom stereocenters. The van der Waals surface area contributed by atoms with Crippen molar-refractivity contribution in [3.8, 4) is 0 Å². The molecule has 102 valence electrons. The molecule has 2 N–H and O–H groups in total. The van der Waals surface area contributed by atoms with E-state index in [9.17, 15) is 9.59 Å². The first-order chi connectivity index (χ1) is 8.99. The van der Waals surface area contributed by atoms with Crippen molar-refractivity contribution in [1.82, 2.24) is 5.32 Å². The second-order valence-electron chi connectivity index (χ2n) is 4.57. The molecule has 2 amide bonds. The zero-order valence-electron chi connectivity index (χ0n) is 10.5. The first kappa shape index (κ1) is 13.9. The Morgan fingerprint density at radius 1 is 1.58 bits per heavy atom. The molecule has 0 bridgehead atoms. The van der Waals surface area contributed by atoms with Crippen LogP contribution in [-0.2, 0) is 4.79 Å². The van der Waals surface area contributed by atoms with Gasteiger partial charge in [0.15, 0.2) is 0 Å². The predicted octanol–water partition coefficient (Wildman–Crippen LogP) is 2.52. The van der Waals surface area contributed by atoms with Gasteiger partial charge in [0.2, 0.25) is 0 Å². The Morgan fingerprint density at radius 3 is 2.95 bits per heavy atom. The number of carbonyl (C=O) groups excluding carboxylic acids is 1. The number of carboxylic acids is 1. The highest BCUT2D eigenvalue weighted by atomic mass is 79.9. The lowest BCUT2D eigenvalue weighted by Gasteiger charge is -2.24. The van der Waals surface area contributed by atoms with Gasteiger partial charge in [-0.15, -0.1) is 0 Å². The number of rotatable bonds is 4. The maximum atomic E-state index is 11.9. The fraction of sp³-hybridized carbons (Fsp3) is 0.385. The summed E-state index contributed by atoms with van der Waals surface area (Å²) in [4.78, 5) is 24.2. The number of aryl methyl sites for hydroxylation is 1. The van der Waals surface area contributed by atoms with Crippen LogP contribution >= 0.6 is 15.9 Å². The fourth-order valence-electron chi connectivity index (χ4n) is 2.26. The van der Waals surface area contributed by atoms with E-state index >= 15 is 0 Å². The molecular weight excluding hydrogens is 312 g/mol. The Morgan fingerprint density at radius 2 is 2.32 bits per heavy atom. The van der Waals surface area contributed by atoms with Crippen LogP contribution < -0.4 is 10.2 Å². The summed E-state index contributed by atoms with van der Waals surface area (Å²) in [5, 5.41) is 11.5. The van der Waals surface area contributed by atoms with Gasteiger partial charge in [0.05, 0.1) is 6.04 Å². The molecule has 19 heavy (non-hydrogen) atoms. The molecular formula is C13H15BrN2O3. The zero-order chi connectivity index (χ0) is 14.0. The van der Waals surface area contributed by atoms with Crippen LogP contribution in [0.2, 0.25) is 0 Å². The number of halogens is 1. The smallest absolute Gasteiger partial charge is 0.322 e. The summed E-state index contributed by atoms with van der Waals surface area (Å²) >= 11 is 3.39. The van der Waals surface area contributed by atoms with Crippen molar-refractivity contribution >= 4 is 33.6 Å². The quantitative estimate of drug-likeness (QED) is 0.893. The number of benzene rings is 1. The van der Waals surface area contributed by atoms with E-state index in [4.69, 9.17) is 5.11 Å². The molecule has 0 saturated carbocycles. The molecule has 0 radical (unpaired) electrons. The molecule has 1 aliphatic rings. The van der Waals surface area contributed by atoms with Gasteiger partial charge in [-0.2, -0.15) is 0 Å². The van der Waals surface area contributed by atoms with Gasteiger partial charge in [-0.05, 0) is 37.1 Å². The van der Waals surface area contributed by atoms with Crippen LogP contribution in [0.3, 0.4) is 0 Å². The minimum atomic E-state index is -0.841. The molecule has 1 aliphatic heterocycles. The minimum Gasteiger partial charge on any atom is -0.481 e. The number of hydrogen-bond donors (Lipinski definition) is 2. The van der Waals surface area contributed by atoms with Gasteiger partial charge in [-0.25, -0.2) is 4.79 Å². The molecule has 6 heteroatoms. The highest BCUT2D eigenvalue weighted by Gasteiger charge is 2.32. The normalized spacial score (nSPS) is 18.5. The van der Waals surface area contributed by atoms with Crippen molar-refractivity contribution in [3.63, 3.8) is 0 Å². The summed E-state index contributed by atoms with van der Waals surface area (Å²) in [5.74, 6) is -0.841. The first-order valence-electron chi connectivity index (χ1n) is 6.04. The van der Waals surface area contributed by atoms with Crippen molar-refractivity contribution < 1.29 is 14.7 Å². The van der Waals surface area contributed by atoms with E-state index in [1.54, 1.807) is 4.90 Å². The number of nitrogens with zero attached hydrogens (tertiary/aromatic N) is 1. The zero-order valence-corrected chi connectivity index (χ0v) is 12.1. The number of hydrogen-bond acceptors (Lipinski definition) is 2. The average Bonchev–Trinajstić information content (AvgIpc) is 2.68. The van der Waals surface area contributed by atoms with E-state index in [2.05, 4.69) is 21.2 Å². The first-order valence-corrected chi connectivity index (χ1v) is 6.83. The van der Waals surface area contributed by atoms with E-state index in [0.717, 1.165) is 15.7 Å². The Labute approximate surface area is 119 Å². The number of urea groups is 1. The van der Waals surface area contributed by atoms with Gasteiger partial charge in [-0.3, -0.25) is 9.69 Å². The van der Waals surface area contributed by atoms with E-state index in [1.165, 1.54) is 0 Å². The van der Waals surface area contributed by atoms with Crippen molar-refractivity contribution in [2.45, 2.75) is 25.8 Å². The van der Waals surface area contributed by atoms with Gasteiger partial charge in [0, 0.05) is 23.1 Å². The molecule has 1 heterocycles. The predicted molar refractivity (Wildman–Crippen MR) is 75.4 cm³/mol. The molecule has 1 unspecified atom stereocenters. The standard InChI is InChI=1S/C13H15BrN2O3/c1-8-6-9(14)2-4-11(8)16-10(3-5-12(17)18)7-15-13(16)19/h2,4,6,10H,3,5,7H2,1H3,(H,15,19)(H,17,18). The highest BCUT2D eigenvalue weighted by molar-refractivity contribution is 9.10. The van der Waals surface area contributed by atoms with Crippen LogP contribution in [0.25, 0.3) is 0 Å². The van der Waals surface area contributed by atoms with Gasteiger partial charge in [0.1, 0.15) is 0 Å². The number of nitrogens with one attached hydrogen (secondary N) is 1. The number of aliphatic carboxylic acids is 1. The largest absolute Gasteiger partial charge is 0.481 e. The van der Waals surface area contributed by atoms with Crippen molar-refractivity contribution in [3.05, 3.63) is 28.2 Å².